The average Bonchev–Trinajstić information content (AvgIpc) is 2.71. The van der Waals surface area contributed by atoms with Gasteiger partial charge in [0.15, 0.2) is 0 Å². The number of hydrogen-bond donors (Lipinski definition) is 1. The number of rotatable bonds is 0. The summed E-state index contributed by atoms with van der Waals surface area (Å²) in [5, 5.41) is 0. The summed E-state index contributed by atoms with van der Waals surface area (Å²) in [5.41, 5.74) is 8.84. The van der Waals surface area contributed by atoms with Gasteiger partial charge < -0.3 is 15.4 Å². The van der Waals surface area contributed by atoms with Crippen LogP contribution in [-0.4, -0.2) is 29.7 Å². The Labute approximate surface area is 146 Å². The molecule has 4 nitrogen and oxygen atoms in total. The quantitative estimate of drug-likeness (QED) is 0.739. The molecule has 0 bridgehead atoms. The third-order valence-electron chi connectivity index (χ3n) is 5.06. The molecule has 0 aromatic heterocycles. The van der Waals surface area contributed by atoms with Gasteiger partial charge in [0.05, 0.1) is 0 Å². The molecule has 1 saturated heterocycles. The average molecular weight is 381 g/mol. The maximum Gasteiger partial charge on any atom is 0.410 e. The summed E-state index contributed by atoms with van der Waals surface area (Å²) in [4.78, 5) is 14.0. The molecule has 1 atom stereocenters. The lowest BCUT2D eigenvalue weighted by Gasteiger charge is -2.42. The minimum Gasteiger partial charge on any atom is -0.444 e. The first-order valence-corrected chi connectivity index (χ1v) is 9.01. The first-order chi connectivity index (χ1) is 10.7. The van der Waals surface area contributed by atoms with Gasteiger partial charge in [-0.3, -0.25) is 0 Å². The Morgan fingerprint density at radius 1 is 1.35 bits per heavy atom. The van der Waals surface area contributed by atoms with Crippen LogP contribution in [0.15, 0.2) is 22.7 Å². The van der Waals surface area contributed by atoms with Crippen LogP contribution >= 0.6 is 15.9 Å². The molecule has 0 unspecified atom stereocenters. The van der Waals surface area contributed by atoms with Crippen molar-refractivity contribution in [3.8, 4) is 0 Å². The lowest BCUT2D eigenvalue weighted by atomic mass is 9.73. The van der Waals surface area contributed by atoms with E-state index in [4.69, 9.17) is 10.5 Å². The fourth-order valence-electron chi connectivity index (χ4n) is 3.78. The highest BCUT2D eigenvalue weighted by Gasteiger charge is 2.46. The zero-order valence-electron chi connectivity index (χ0n) is 14.1. The number of ether oxygens (including phenoxy) is 1. The molecule has 1 amide bonds. The Kier molecular flexibility index (Phi) is 4.21. The van der Waals surface area contributed by atoms with E-state index < -0.39 is 5.60 Å². The first-order valence-electron chi connectivity index (χ1n) is 8.22. The predicted octanol–water partition coefficient (Wildman–Crippen LogP) is 4.02. The standard InChI is InChI=1S/C18H25BrN2O2/c1-17(2,3)23-16(22)21-8-6-18(7-9-21)11-12-4-5-13(19)10-14(12)15(18)20/h4-5,10,15H,6-9,11,20H2,1-3H3/t15-/m1/s1. The Balaban J connectivity index is 1.69. The molecule has 1 aliphatic heterocycles. The number of nitrogens with two attached hydrogens (primary N) is 1. The SMILES string of the molecule is CC(C)(C)OC(=O)N1CCC2(CC1)Cc1ccc(Br)cc1[C@H]2N. The van der Waals surface area contributed by atoms with E-state index in [1.807, 2.05) is 25.7 Å². The number of carbonyl (C=O) groups is 1. The summed E-state index contributed by atoms with van der Waals surface area (Å²) in [5.74, 6) is 0. The van der Waals surface area contributed by atoms with Crippen molar-refractivity contribution >= 4 is 22.0 Å². The van der Waals surface area contributed by atoms with Crippen molar-refractivity contribution in [2.75, 3.05) is 13.1 Å². The first kappa shape index (κ1) is 16.8. The minimum atomic E-state index is -0.446. The van der Waals surface area contributed by atoms with Crippen LogP contribution in [0.5, 0.6) is 0 Å². The van der Waals surface area contributed by atoms with Gasteiger partial charge >= 0.3 is 6.09 Å². The Hall–Kier alpha value is -1.07. The van der Waals surface area contributed by atoms with Crippen molar-refractivity contribution in [2.24, 2.45) is 11.1 Å². The number of halogens is 1. The largest absolute Gasteiger partial charge is 0.444 e. The van der Waals surface area contributed by atoms with Crippen LogP contribution in [0.3, 0.4) is 0 Å². The maximum atomic E-state index is 12.2. The summed E-state index contributed by atoms with van der Waals surface area (Å²) in [6.07, 6.45) is 2.66. The van der Waals surface area contributed by atoms with Gasteiger partial charge in [-0.15, -0.1) is 0 Å². The van der Waals surface area contributed by atoms with E-state index in [1.165, 1.54) is 11.1 Å². The van der Waals surface area contributed by atoms with Crippen LogP contribution in [-0.2, 0) is 11.2 Å². The van der Waals surface area contributed by atoms with Crippen molar-refractivity contribution in [1.29, 1.82) is 0 Å². The normalized spacial score (nSPS) is 23.0. The Bertz CT molecular complexity index is 616. The van der Waals surface area contributed by atoms with Gasteiger partial charge in [-0.25, -0.2) is 4.79 Å². The second-order valence-corrected chi connectivity index (χ2v) is 8.74. The number of piperidine rings is 1. The number of carbonyl (C=O) groups excluding carboxylic acids is 1. The van der Waals surface area contributed by atoms with E-state index in [9.17, 15) is 4.79 Å². The number of amides is 1. The summed E-state index contributed by atoms with van der Waals surface area (Å²) in [6, 6.07) is 6.46. The molecule has 1 spiro atoms. The molecule has 1 heterocycles. The van der Waals surface area contributed by atoms with E-state index in [1.54, 1.807) is 0 Å². The summed E-state index contributed by atoms with van der Waals surface area (Å²) >= 11 is 3.54. The van der Waals surface area contributed by atoms with Crippen molar-refractivity contribution in [2.45, 2.75) is 51.7 Å². The summed E-state index contributed by atoms with van der Waals surface area (Å²) in [7, 11) is 0. The van der Waals surface area contributed by atoms with Crippen molar-refractivity contribution in [3.05, 3.63) is 33.8 Å². The highest BCUT2D eigenvalue weighted by molar-refractivity contribution is 9.10. The monoisotopic (exact) mass is 380 g/mol. The van der Waals surface area contributed by atoms with Gasteiger partial charge in [-0.1, -0.05) is 22.0 Å². The molecule has 0 radical (unpaired) electrons. The molecule has 5 heteroatoms. The van der Waals surface area contributed by atoms with Gasteiger partial charge in [-0.05, 0) is 68.7 Å². The van der Waals surface area contributed by atoms with E-state index in [0.717, 1.165) is 36.8 Å². The number of fused-ring (bicyclic) bond motifs is 1. The third kappa shape index (κ3) is 3.26. The zero-order valence-corrected chi connectivity index (χ0v) is 15.6. The fraction of sp³-hybridized carbons (Fsp3) is 0.611. The van der Waals surface area contributed by atoms with Gasteiger partial charge in [0.1, 0.15) is 5.60 Å². The predicted molar refractivity (Wildman–Crippen MR) is 94.2 cm³/mol. The van der Waals surface area contributed by atoms with Gasteiger partial charge in [0, 0.05) is 23.6 Å². The number of hydrogen-bond acceptors (Lipinski definition) is 3. The lowest BCUT2D eigenvalue weighted by Crippen LogP contribution is -2.47. The molecule has 0 saturated carbocycles. The van der Waals surface area contributed by atoms with Crippen LogP contribution in [0.2, 0.25) is 0 Å². The van der Waals surface area contributed by atoms with Gasteiger partial charge in [0.2, 0.25) is 0 Å². The maximum absolute atomic E-state index is 12.2. The number of nitrogens with zero attached hydrogens (tertiary/aromatic N) is 1. The second kappa shape index (κ2) is 5.78. The Morgan fingerprint density at radius 2 is 2.00 bits per heavy atom. The van der Waals surface area contributed by atoms with Crippen LogP contribution < -0.4 is 5.73 Å². The lowest BCUT2D eigenvalue weighted by molar-refractivity contribution is 0.00797. The number of benzene rings is 1. The molecular weight excluding hydrogens is 356 g/mol. The summed E-state index contributed by atoms with van der Waals surface area (Å²) < 4.78 is 6.56. The molecule has 1 aliphatic carbocycles. The van der Waals surface area contributed by atoms with Crippen molar-refractivity contribution in [1.82, 2.24) is 4.90 Å². The molecular formula is C18H25BrN2O2. The van der Waals surface area contributed by atoms with E-state index in [2.05, 4.69) is 34.1 Å². The molecule has 3 rings (SSSR count). The Morgan fingerprint density at radius 3 is 2.61 bits per heavy atom. The van der Waals surface area contributed by atoms with Crippen molar-refractivity contribution < 1.29 is 9.53 Å². The second-order valence-electron chi connectivity index (χ2n) is 7.83. The van der Waals surface area contributed by atoms with Crippen molar-refractivity contribution in [3.63, 3.8) is 0 Å². The molecule has 1 aromatic carbocycles. The smallest absolute Gasteiger partial charge is 0.410 e. The molecule has 126 valence electrons. The van der Waals surface area contributed by atoms with Crippen LogP contribution in [0.4, 0.5) is 4.79 Å². The number of likely N-dealkylation sites (tertiary alicyclic amines) is 1. The van der Waals surface area contributed by atoms with Gasteiger partial charge in [0.25, 0.3) is 0 Å². The van der Waals surface area contributed by atoms with Crippen LogP contribution in [0.25, 0.3) is 0 Å². The molecule has 23 heavy (non-hydrogen) atoms. The third-order valence-corrected chi connectivity index (χ3v) is 5.55. The highest BCUT2D eigenvalue weighted by Crippen LogP contribution is 2.51. The zero-order chi connectivity index (χ0) is 16.8. The molecule has 1 aromatic rings. The molecule has 2 aliphatic rings. The van der Waals surface area contributed by atoms with E-state index in [-0.39, 0.29) is 17.6 Å². The topological polar surface area (TPSA) is 55.6 Å². The fourth-order valence-corrected chi connectivity index (χ4v) is 4.16. The van der Waals surface area contributed by atoms with Crippen LogP contribution in [0.1, 0.15) is 50.8 Å². The highest BCUT2D eigenvalue weighted by atomic mass is 79.9. The van der Waals surface area contributed by atoms with Crippen LogP contribution in [0, 0.1) is 5.41 Å². The van der Waals surface area contributed by atoms with E-state index >= 15 is 0 Å². The molecule has 1 fully saturated rings. The molecule has 2 N–H and O–H groups in total. The van der Waals surface area contributed by atoms with E-state index in [0.29, 0.717) is 0 Å². The summed E-state index contributed by atoms with van der Waals surface area (Å²) in [6.45, 7) is 7.14. The minimum absolute atomic E-state index is 0.0517. The van der Waals surface area contributed by atoms with Gasteiger partial charge in [-0.2, -0.15) is 0 Å².